The molecule has 0 aromatic heterocycles. The lowest BCUT2D eigenvalue weighted by Crippen LogP contribution is -2.39. The Morgan fingerprint density at radius 3 is 2.55 bits per heavy atom. The molecule has 2 N–H and O–H groups in total. The van der Waals surface area contributed by atoms with Crippen molar-refractivity contribution in [1.29, 1.82) is 0 Å². The van der Waals surface area contributed by atoms with Gasteiger partial charge in [-0.25, -0.2) is 0 Å². The van der Waals surface area contributed by atoms with E-state index < -0.39 is 0 Å². The number of aliphatic imine (C=N–C) groups is 1. The van der Waals surface area contributed by atoms with Gasteiger partial charge in [0.2, 0.25) is 0 Å². The van der Waals surface area contributed by atoms with Crippen LogP contribution in [0.4, 0.5) is 0 Å². The molecule has 0 spiro atoms. The minimum atomic E-state index is 0. The second-order valence-electron chi connectivity index (χ2n) is 7.99. The summed E-state index contributed by atoms with van der Waals surface area (Å²) in [6.45, 7) is 8.41. The van der Waals surface area contributed by atoms with Crippen LogP contribution in [0.3, 0.4) is 0 Å². The fourth-order valence-corrected chi connectivity index (χ4v) is 3.78. The zero-order valence-corrected chi connectivity index (χ0v) is 21.3. The third kappa shape index (κ3) is 9.21. The summed E-state index contributed by atoms with van der Waals surface area (Å²) in [5.41, 5.74) is 0. The molecule has 1 aliphatic heterocycles. The summed E-state index contributed by atoms with van der Waals surface area (Å²) in [4.78, 5) is 9.32. The molecular weight excluding hydrogens is 501 g/mol. The molecule has 0 radical (unpaired) electrons. The minimum Gasteiger partial charge on any atom is -0.494 e. The molecule has 6 nitrogen and oxygen atoms in total. The fraction of sp³-hybridized carbons (Fsp3) is 0.542. The lowest BCUT2D eigenvalue weighted by molar-refractivity contribution is 0.274. The molecule has 3 rings (SSSR count). The van der Waals surface area contributed by atoms with Crippen molar-refractivity contribution in [3.63, 3.8) is 0 Å². The molecule has 0 amide bonds. The van der Waals surface area contributed by atoms with E-state index in [2.05, 4.69) is 68.9 Å². The molecule has 2 aromatic rings. The van der Waals surface area contributed by atoms with Crippen molar-refractivity contribution in [3.05, 3.63) is 42.5 Å². The van der Waals surface area contributed by atoms with Gasteiger partial charge in [0.05, 0.1) is 6.61 Å². The Labute approximate surface area is 204 Å². The third-order valence-corrected chi connectivity index (χ3v) is 5.58. The molecule has 31 heavy (non-hydrogen) atoms. The predicted octanol–water partition coefficient (Wildman–Crippen LogP) is 3.42. The molecule has 1 aliphatic rings. The van der Waals surface area contributed by atoms with Crippen molar-refractivity contribution >= 4 is 40.7 Å². The standard InChI is InChI=1S/C24H37N5O.HI/c1-25-24(26-12-5-15-29-16-7-14-28(2)17-18-29)27-13-6-19-30-23-11-10-21-8-3-4-9-22(21)20-23;/h3-4,8-11,20H,5-7,12-19H2,1-2H3,(H2,25,26,27);1H. The number of benzene rings is 2. The molecule has 0 saturated carbocycles. The smallest absolute Gasteiger partial charge is 0.190 e. The fourth-order valence-electron chi connectivity index (χ4n) is 3.78. The second-order valence-corrected chi connectivity index (χ2v) is 7.99. The number of nitrogens with one attached hydrogen (secondary N) is 2. The van der Waals surface area contributed by atoms with Gasteiger partial charge in [-0.2, -0.15) is 0 Å². The number of halogens is 1. The van der Waals surface area contributed by atoms with Gasteiger partial charge in [0.25, 0.3) is 0 Å². The number of guanidine groups is 1. The monoisotopic (exact) mass is 539 g/mol. The Hall–Kier alpha value is -1.58. The van der Waals surface area contributed by atoms with Crippen molar-refractivity contribution in [2.45, 2.75) is 19.3 Å². The van der Waals surface area contributed by atoms with Gasteiger partial charge in [0, 0.05) is 33.2 Å². The van der Waals surface area contributed by atoms with Crippen LogP contribution in [0.1, 0.15) is 19.3 Å². The van der Waals surface area contributed by atoms with Crippen LogP contribution in [0.25, 0.3) is 10.8 Å². The molecule has 1 heterocycles. The first-order chi connectivity index (χ1) is 14.7. The number of rotatable bonds is 9. The van der Waals surface area contributed by atoms with Crippen LogP contribution in [0, 0.1) is 0 Å². The van der Waals surface area contributed by atoms with E-state index in [1.165, 1.54) is 43.4 Å². The quantitative estimate of drug-likeness (QED) is 0.222. The molecule has 0 aliphatic carbocycles. The largest absolute Gasteiger partial charge is 0.494 e. The van der Waals surface area contributed by atoms with Gasteiger partial charge in [-0.15, -0.1) is 24.0 Å². The van der Waals surface area contributed by atoms with E-state index in [1.54, 1.807) is 0 Å². The number of hydrogen-bond acceptors (Lipinski definition) is 4. The average molecular weight is 540 g/mol. The number of nitrogens with zero attached hydrogens (tertiary/aromatic N) is 3. The second kappa shape index (κ2) is 14.5. The molecule has 0 atom stereocenters. The maximum absolute atomic E-state index is 5.90. The summed E-state index contributed by atoms with van der Waals surface area (Å²) >= 11 is 0. The summed E-state index contributed by atoms with van der Waals surface area (Å²) in [6.07, 6.45) is 3.33. The number of likely N-dealkylation sites (N-methyl/N-ethyl adjacent to an activating group) is 1. The Bertz CT molecular complexity index is 800. The highest BCUT2D eigenvalue weighted by molar-refractivity contribution is 14.0. The molecule has 1 fully saturated rings. The van der Waals surface area contributed by atoms with Gasteiger partial charge in [-0.05, 0) is 68.8 Å². The van der Waals surface area contributed by atoms with Crippen molar-refractivity contribution in [2.75, 3.05) is 66.5 Å². The molecule has 7 heteroatoms. The normalized spacial score (nSPS) is 15.9. The maximum atomic E-state index is 5.90. The SMILES string of the molecule is CN=C(NCCCOc1ccc2ccccc2c1)NCCCN1CCCN(C)CC1.I. The average Bonchev–Trinajstić information content (AvgIpc) is 2.98. The lowest BCUT2D eigenvalue weighted by atomic mass is 10.1. The number of fused-ring (bicyclic) bond motifs is 1. The van der Waals surface area contributed by atoms with Crippen LogP contribution >= 0.6 is 24.0 Å². The summed E-state index contributed by atoms with van der Waals surface area (Å²) in [6, 6.07) is 14.6. The summed E-state index contributed by atoms with van der Waals surface area (Å²) in [5, 5.41) is 9.25. The highest BCUT2D eigenvalue weighted by Gasteiger charge is 2.11. The summed E-state index contributed by atoms with van der Waals surface area (Å²) < 4.78 is 5.90. The molecule has 0 unspecified atom stereocenters. The van der Waals surface area contributed by atoms with Gasteiger partial charge < -0.3 is 25.2 Å². The van der Waals surface area contributed by atoms with Crippen LogP contribution < -0.4 is 15.4 Å². The highest BCUT2D eigenvalue weighted by Crippen LogP contribution is 2.20. The first-order valence-electron chi connectivity index (χ1n) is 11.2. The van der Waals surface area contributed by atoms with Crippen LogP contribution in [0.2, 0.25) is 0 Å². The van der Waals surface area contributed by atoms with E-state index in [-0.39, 0.29) is 24.0 Å². The first-order valence-corrected chi connectivity index (χ1v) is 11.2. The van der Waals surface area contributed by atoms with Gasteiger partial charge >= 0.3 is 0 Å². The van der Waals surface area contributed by atoms with Gasteiger partial charge in [-0.1, -0.05) is 30.3 Å². The minimum absolute atomic E-state index is 0. The Balaban J connectivity index is 0.00000341. The van der Waals surface area contributed by atoms with Crippen LogP contribution in [0.15, 0.2) is 47.5 Å². The third-order valence-electron chi connectivity index (χ3n) is 5.58. The Kier molecular flexibility index (Phi) is 12.0. The first kappa shape index (κ1) is 25.7. The zero-order chi connectivity index (χ0) is 21.0. The van der Waals surface area contributed by atoms with E-state index in [4.69, 9.17) is 4.74 Å². The maximum Gasteiger partial charge on any atom is 0.190 e. The summed E-state index contributed by atoms with van der Waals surface area (Å²) in [5.74, 6) is 1.80. The van der Waals surface area contributed by atoms with Crippen LogP contribution in [-0.2, 0) is 0 Å². The van der Waals surface area contributed by atoms with Gasteiger partial charge in [-0.3, -0.25) is 4.99 Å². The van der Waals surface area contributed by atoms with Gasteiger partial charge in [0.15, 0.2) is 5.96 Å². The van der Waals surface area contributed by atoms with E-state index in [0.717, 1.165) is 44.2 Å². The van der Waals surface area contributed by atoms with E-state index in [1.807, 2.05) is 13.1 Å². The lowest BCUT2D eigenvalue weighted by Gasteiger charge is -2.20. The van der Waals surface area contributed by atoms with Gasteiger partial charge in [0.1, 0.15) is 5.75 Å². The van der Waals surface area contributed by atoms with E-state index in [9.17, 15) is 0 Å². The van der Waals surface area contributed by atoms with Crippen molar-refractivity contribution in [2.24, 2.45) is 4.99 Å². The molecular formula is C24H38IN5O. The number of ether oxygens (including phenoxy) is 1. The van der Waals surface area contributed by atoms with Crippen LogP contribution in [-0.4, -0.2) is 82.3 Å². The Morgan fingerprint density at radius 1 is 0.968 bits per heavy atom. The molecule has 1 saturated heterocycles. The van der Waals surface area contributed by atoms with Crippen molar-refractivity contribution in [1.82, 2.24) is 20.4 Å². The number of hydrogen-bond donors (Lipinski definition) is 2. The highest BCUT2D eigenvalue weighted by atomic mass is 127. The van der Waals surface area contributed by atoms with E-state index in [0.29, 0.717) is 6.61 Å². The van der Waals surface area contributed by atoms with Crippen LogP contribution in [0.5, 0.6) is 5.75 Å². The van der Waals surface area contributed by atoms with E-state index >= 15 is 0 Å². The summed E-state index contributed by atoms with van der Waals surface area (Å²) in [7, 11) is 4.04. The van der Waals surface area contributed by atoms with Crippen molar-refractivity contribution < 1.29 is 4.74 Å². The zero-order valence-electron chi connectivity index (χ0n) is 19.0. The topological polar surface area (TPSA) is 52.1 Å². The predicted molar refractivity (Wildman–Crippen MR) is 142 cm³/mol. The van der Waals surface area contributed by atoms with Crippen molar-refractivity contribution in [3.8, 4) is 5.75 Å². The molecule has 172 valence electrons. The molecule has 2 aromatic carbocycles. The Morgan fingerprint density at radius 2 is 1.74 bits per heavy atom. The molecule has 0 bridgehead atoms.